The minimum absolute atomic E-state index is 0.0786. The Labute approximate surface area is 91.8 Å². The summed E-state index contributed by atoms with van der Waals surface area (Å²) in [5.74, 6) is 0.0786. The smallest absolute Gasteiger partial charge is 0.251 e. The van der Waals surface area contributed by atoms with E-state index in [0.717, 1.165) is 12.8 Å². The van der Waals surface area contributed by atoms with Crippen LogP contribution in [0.2, 0.25) is 0 Å². The first-order valence-corrected chi connectivity index (χ1v) is 5.74. The second-order valence-corrected chi connectivity index (χ2v) is 4.14. The van der Waals surface area contributed by atoms with E-state index in [0.29, 0.717) is 19.1 Å². The van der Waals surface area contributed by atoms with Crippen LogP contribution in [0.25, 0.3) is 0 Å². The van der Waals surface area contributed by atoms with Gasteiger partial charge in [0.2, 0.25) is 0 Å². The molecule has 0 saturated heterocycles. The highest BCUT2D eigenvalue weighted by Crippen LogP contribution is 2.23. The fraction of sp³-hybridized carbons (Fsp3) is 0.909. The van der Waals surface area contributed by atoms with Gasteiger partial charge in [0.25, 0.3) is 5.91 Å². The number of rotatable bonds is 5. The van der Waals surface area contributed by atoms with Crippen LogP contribution < -0.4 is 5.73 Å². The number of hydrogen-bond donors (Lipinski definition) is 1. The molecule has 1 rings (SSSR count). The second-order valence-electron chi connectivity index (χ2n) is 4.14. The first kappa shape index (κ1) is 12.5. The molecule has 88 valence electrons. The molecule has 15 heavy (non-hydrogen) atoms. The highest BCUT2D eigenvalue weighted by Gasteiger charge is 2.28. The second kappa shape index (κ2) is 6.08. The molecule has 1 unspecified atom stereocenters. The number of amides is 1. The SMILES string of the molecule is COC(C)C(=O)N(CCN)C1CCCC1. The minimum Gasteiger partial charge on any atom is -0.372 e. The summed E-state index contributed by atoms with van der Waals surface area (Å²) in [7, 11) is 1.57. The largest absolute Gasteiger partial charge is 0.372 e. The molecule has 0 bridgehead atoms. The van der Waals surface area contributed by atoms with Crippen molar-refractivity contribution in [2.45, 2.75) is 44.8 Å². The predicted octanol–water partition coefficient (Wildman–Crippen LogP) is 0.751. The van der Waals surface area contributed by atoms with Crippen molar-refractivity contribution in [3.05, 3.63) is 0 Å². The summed E-state index contributed by atoms with van der Waals surface area (Å²) in [6.07, 6.45) is 4.32. The van der Waals surface area contributed by atoms with E-state index in [4.69, 9.17) is 10.5 Å². The summed E-state index contributed by atoms with van der Waals surface area (Å²) in [4.78, 5) is 13.9. The Morgan fingerprint density at radius 1 is 1.53 bits per heavy atom. The molecule has 1 fully saturated rings. The topological polar surface area (TPSA) is 55.6 Å². The van der Waals surface area contributed by atoms with Crippen molar-refractivity contribution in [1.82, 2.24) is 4.90 Å². The van der Waals surface area contributed by atoms with Crippen LogP contribution in [-0.2, 0) is 9.53 Å². The van der Waals surface area contributed by atoms with Crippen molar-refractivity contribution in [3.8, 4) is 0 Å². The van der Waals surface area contributed by atoms with Gasteiger partial charge in [0, 0.05) is 26.2 Å². The number of carbonyl (C=O) groups excluding carboxylic acids is 1. The quantitative estimate of drug-likeness (QED) is 0.735. The average molecular weight is 214 g/mol. The lowest BCUT2D eigenvalue weighted by Gasteiger charge is -2.30. The van der Waals surface area contributed by atoms with E-state index >= 15 is 0 Å². The van der Waals surface area contributed by atoms with Crippen LogP contribution in [0.1, 0.15) is 32.6 Å². The van der Waals surface area contributed by atoms with E-state index in [1.807, 2.05) is 4.90 Å². The molecule has 1 amide bonds. The number of carbonyl (C=O) groups is 1. The third-order valence-electron chi connectivity index (χ3n) is 3.12. The van der Waals surface area contributed by atoms with Crippen LogP contribution in [-0.4, -0.2) is 43.2 Å². The Kier molecular flexibility index (Phi) is 5.05. The van der Waals surface area contributed by atoms with E-state index in [1.165, 1.54) is 12.8 Å². The zero-order chi connectivity index (χ0) is 11.3. The van der Waals surface area contributed by atoms with Crippen molar-refractivity contribution in [3.63, 3.8) is 0 Å². The van der Waals surface area contributed by atoms with Gasteiger partial charge in [-0.2, -0.15) is 0 Å². The third kappa shape index (κ3) is 3.18. The molecule has 4 nitrogen and oxygen atoms in total. The van der Waals surface area contributed by atoms with Crippen LogP contribution in [0.3, 0.4) is 0 Å². The molecule has 4 heteroatoms. The molecule has 0 spiro atoms. The zero-order valence-electron chi connectivity index (χ0n) is 9.74. The molecule has 2 N–H and O–H groups in total. The number of ether oxygens (including phenoxy) is 1. The van der Waals surface area contributed by atoms with Crippen molar-refractivity contribution >= 4 is 5.91 Å². The number of methoxy groups -OCH3 is 1. The van der Waals surface area contributed by atoms with Crippen LogP contribution >= 0.6 is 0 Å². The van der Waals surface area contributed by atoms with E-state index in [9.17, 15) is 4.79 Å². The van der Waals surface area contributed by atoms with E-state index in [1.54, 1.807) is 14.0 Å². The normalized spacial score (nSPS) is 19.1. The van der Waals surface area contributed by atoms with E-state index < -0.39 is 0 Å². The molecule has 1 aliphatic carbocycles. The van der Waals surface area contributed by atoms with Gasteiger partial charge in [0.1, 0.15) is 6.10 Å². The molecule has 0 aromatic rings. The van der Waals surface area contributed by atoms with Gasteiger partial charge in [-0.05, 0) is 19.8 Å². The summed E-state index contributed by atoms with van der Waals surface area (Å²) < 4.78 is 5.07. The summed E-state index contributed by atoms with van der Waals surface area (Å²) in [6, 6.07) is 0.388. The summed E-state index contributed by atoms with van der Waals surface area (Å²) in [5.41, 5.74) is 5.54. The van der Waals surface area contributed by atoms with Crippen LogP contribution in [0.5, 0.6) is 0 Å². The number of nitrogens with two attached hydrogens (primary N) is 1. The van der Waals surface area contributed by atoms with Crippen molar-refractivity contribution in [1.29, 1.82) is 0 Å². The monoisotopic (exact) mass is 214 g/mol. The fourth-order valence-electron chi connectivity index (χ4n) is 2.16. The highest BCUT2D eigenvalue weighted by molar-refractivity contribution is 5.80. The van der Waals surface area contributed by atoms with E-state index in [2.05, 4.69) is 0 Å². The van der Waals surface area contributed by atoms with Gasteiger partial charge in [-0.3, -0.25) is 4.79 Å². The summed E-state index contributed by atoms with van der Waals surface area (Å²) in [6.45, 7) is 2.97. The van der Waals surface area contributed by atoms with Crippen molar-refractivity contribution < 1.29 is 9.53 Å². The lowest BCUT2D eigenvalue weighted by molar-refractivity contribution is -0.143. The third-order valence-corrected chi connectivity index (χ3v) is 3.12. The van der Waals surface area contributed by atoms with Gasteiger partial charge in [0.05, 0.1) is 0 Å². The maximum atomic E-state index is 12.0. The minimum atomic E-state index is -0.350. The van der Waals surface area contributed by atoms with Gasteiger partial charge < -0.3 is 15.4 Å². The molecule has 1 aliphatic rings. The van der Waals surface area contributed by atoms with Crippen LogP contribution in [0.15, 0.2) is 0 Å². The zero-order valence-corrected chi connectivity index (χ0v) is 9.74. The number of hydrogen-bond acceptors (Lipinski definition) is 3. The van der Waals surface area contributed by atoms with Gasteiger partial charge in [0.15, 0.2) is 0 Å². The van der Waals surface area contributed by atoms with Crippen LogP contribution in [0, 0.1) is 0 Å². The average Bonchev–Trinajstić information content (AvgIpc) is 2.77. The first-order valence-electron chi connectivity index (χ1n) is 5.74. The molecular formula is C11H22N2O2. The van der Waals surface area contributed by atoms with E-state index in [-0.39, 0.29) is 12.0 Å². The molecule has 0 radical (unpaired) electrons. The Morgan fingerprint density at radius 3 is 2.60 bits per heavy atom. The van der Waals surface area contributed by atoms with Crippen LogP contribution in [0.4, 0.5) is 0 Å². The van der Waals surface area contributed by atoms with Gasteiger partial charge in [-0.25, -0.2) is 0 Å². The molecular weight excluding hydrogens is 192 g/mol. The van der Waals surface area contributed by atoms with Gasteiger partial charge in [-0.15, -0.1) is 0 Å². The molecule has 0 aliphatic heterocycles. The maximum absolute atomic E-state index is 12.0. The molecule has 0 heterocycles. The van der Waals surface area contributed by atoms with Gasteiger partial charge >= 0.3 is 0 Å². The highest BCUT2D eigenvalue weighted by atomic mass is 16.5. The molecule has 0 aromatic carbocycles. The molecule has 1 saturated carbocycles. The standard InChI is InChI=1S/C11H22N2O2/c1-9(15-2)11(14)13(8-7-12)10-5-3-4-6-10/h9-10H,3-8,12H2,1-2H3. The molecule has 1 atom stereocenters. The Morgan fingerprint density at radius 2 is 2.13 bits per heavy atom. The molecule has 0 aromatic heterocycles. The Bertz CT molecular complexity index is 203. The maximum Gasteiger partial charge on any atom is 0.251 e. The first-order chi connectivity index (χ1) is 7.20. The van der Waals surface area contributed by atoms with Gasteiger partial charge in [-0.1, -0.05) is 12.8 Å². The fourth-order valence-corrected chi connectivity index (χ4v) is 2.16. The Balaban J connectivity index is 2.59. The predicted molar refractivity (Wildman–Crippen MR) is 59.5 cm³/mol. The lowest BCUT2D eigenvalue weighted by atomic mass is 10.2. The lowest BCUT2D eigenvalue weighted by Crippen LogP contribution is -2.46. The van der Waals surface area contributed by atoms with Crippen molar-refractivity contribution in [2.24, 2.45) is 5.73 Å². The van der Waals surface area contributed by atoms with Crippen molar-refractivity contribution in [2.75, 3.05) is 20.2 Å². The summed E-state index contributed by atoms with van der Waals surface area (Å²) in [5, 5.41) is 0. The Hall–Kier alpha value is -0.610. The summed E-state index contributed by atoms with van der Waals surface area (Å²) >= 11 is 0. The number of nitrogens with zero attached hydrogens (tertiary/aromatic N) is 1.